The molecule has 4 rings (SSSR count). The number of aromatic nitrogens is 2. The summed E-state index contributed by atoms with van der Waals surface area (Å²) in [6.45, 7) is 3.71. The summed E-state index contributed by atoms with van der Waals surface area (Å²) >= 11 is 6.25. The van der Waals surface area contributed by atoms with E-state index in [4.69, 9.17) is 16.3 Å². The molecule has 0 aromatic carbocycles. The van der Waals surface area contributed by atoms with Crippen molar-refractivity contribution in [2.24, 2.45) is 0 Å². The van der Waals surface area contributed by atoms with Gasteiger partial charge in [0.1, 0.15) is 0 Å². The number of halogens is 1. The first-order valence-electron chi connectivity index (χ1n) is 8.88. The van der Waals surface area contributed by atoms with Gasteiger partial charge in [0.25, 0.3) is 5.91 Å². The first-order chi connectivity index (χ1) is 11.7. The van der Waals surface area contributed by atoms with Gasteiger partial charge in [-0.1, -0.05) is 24.4 Å². The number of carbonyl (C=O) groups is 1. The minimum Gasteiger partial charge on any atom is -0.371 e. The Bertz CT molecular complexity index is 627. The Balaban J connectivity index is 1.56. The van der Waals surface area contributed by atoms with E-state index >= 15 is 0 Å². The Morgan fingerprint density at radius 3 is 2.67 bits per heavy atom. The highest BCUT2D eigenvalue weighted by atomic mass is 35.5. The lowest BCUT2D eigenvalue weighted by molar-refractivity contribution is -0.0949. The van der Waals surface area contributed by atoms with Crippen LogP contribution in [0.5, 0.6) is 0 Å². The number of amides is 1. The molecule has 1 aromatic rings. The zero-order chi connectivity index (χ0) is 16.6. The topological polar surface area (TPSA) is 58.6 Å². The van der Waals surface area contributed by atoms with Crippen molar-refractivity contribution in [1.82, 2.24) is 14.9 Å². The van der Waals surface area contributed by atoms with E-state index in [0.29, 0.717) is 36.4 Å². The second-order valence-electron chi connectivity index (χ2n) is 7.03. The van der Waals surface area contributed by atoms with E-state index in [-0.39, 0.29) is 11.5 Å². The average Bonchev–Trinajstić information content (AvgIpc) is 3.27. The van der Waals surface area contributed by atoms with Crippen LogP contribution < -0.4 is 4.90 Å². The molecule has 6 nitrogen and oxygen atoms in total. The molecule has 0 radical (unpaired) electrons. The molecule has 24 heavy (non-hydrogen) atoms. The normalized spacial score (nSPS) is 23.2. The van der Waals surface area contributed by atoms with Gasteiger partial charge in [-0.3, -0.25) is 4.79 Å². The smallest absolute Gasteiger partial charge is 0.274 e. The fourth-order valence-electron chi connectivity index (χ4n) is 4.07. The van der Waals surface area contributed by atoms with Gasteiger partial charge < -0.3 is 14.5 Å². The summed E-state index contributed by atoms with van der Waals surface area (Å²) in [5, 5.41) is 0.329. The van der Waals surface area contributed by atoms with Crippen LogP contribution in [0.2, 0.25) is 5.02 Å². The van der Waals surface area contributed by atoms with Crippen molar-refractivity contribution < 1.29 is 9.53 Å². The summed E-state index contributed by atoms with van der Waals surface area (Å²) in [6.07, 6.45) is 8.26. The van der Waals surface area contributed by atoms with Gasteiger partial charge in [-0.2, -0.15) is 0 Å². The zero-order valence-electron chi connectivity index (χ0n) is 13.8. The minimum absolute atomic E-state index is 0.0996. The molecule has 3 aliphatic rings. The van der Waals surface area contributed by atoms with Crippen molar-refractivity contribution >= 4 is 23.5 Å². The Kier molecular flexibility index (Phi) is 4.35. The predicted molar refractivity (Wildman–Crippen MR) is 91.5 cm³/mol. The molecule has 1 spiro atoms. The lowest BCUT2D eigenvalue weighted by Gasteiger charge is -2.40. The van der Waals surface area contributed by atoms with Crippen LogP contribution in [0, 0.1) is 0 Å². The van der Waals surface area contributed by atoms with Crippen LogP contribution in [-0.2, 0) is 4.74 Å². The summed E-state index contributed by atoms with van der Waals surface area (Å²) in [6, 6.07) is 0. The molecule has 2 saturated heterocycles. The van der Waals surface area contributed by atoms with E-state index < -0.39 is 0 Å². The molecular formula is C17H23ClN4O2. The van der Waals surface area contributed by atoms with Crippen LogP contribution in [0.15, 0.2) is 6.20 Å². The molecule has 2 aliphatic heterocycles. The molecule has 0 bridgehead atoms. The van der Waals surface area contributed by atoms with E-state index in [9.17, 15) is 4.79 Å². The summed E-state index contributed by atoms with van der Waals surface area (Å²) in [7, 11) is 0. The summed E-state index contributed by atoms with van der Waals surface area (Å²) in [4.78, 5) is 25.8. The monoisotopic (exact) mass is 350 g/mol. The number of hydrogen-bond acceptors (Lipinski definition) is 5. The third-order valence-corrected chi connectivity index (χ3v) is 5.65. The number of carbonyl (C=O) groups excluding carboxylic acids is 1. The standard InChI is InChI=1S/C17H23ClN4O2/c18-13-11-19-16(21-7-3-4-8-21)20-14(13)15(23)22-9-10-24-17(12-22)5-1-2-6-17/h11H,1-10,12H2. The molecule has 7 heteroatoms. The van der Waals surface area contributed by atoms with Gasteiger partial charge in [0.2, 0.25) is 5.95 Å². The number of ether oxygens (including phenoxy) is 1. The fourth-order valence-corrected chi connectivity index (χ4v) is 4.24. The molecule has 1 aliphatic carbocycles. The van der Waals surface area contributed by atoms with Crippen molar-refractivity contribution in [2.75, 3.05) is 37.7 Å². The van der Waals surface area contributed by atoms with Crippen molar-refractivity contribution in [3.63, 3.8) is 0 Å². The number of rotatable bonds is 2. The molecule has 1 saturated carbocycles. The number of hydrogen-bond donors (Lipinski definition) is 0. The molecule has 130 valence electrons. The minimum atomic E-state index is -0.148. The van der Waals surface area contributed by atoms with Crippen molar-refractivity contribution in [3.05, 3.63) is 16.9 Å². The first kappa shape index (κ1) is 16.1. The molecule has 1 aromatic heterocycles. The average molecular weight is 351 g/mol. The van der Waals surface area contributed by atoms with E-state index in [1.807, 2.05) is 4.90 Å². The lowest BCUT2D eigenvalue weighted by atomic mass is 9.99. The van der Waals surface area contributed by atoms with Crippen LogP contribution in [0.25, 0.3) is 0 Å². The first-order valence-corrected chi connectivity index (χ1v) is 9.25. The highest BCUT2D eigenvalue weighted by Crippen LogP contribution is 2.36. The van der Waals surface area contributed by atoms with Crippen LogP contribution >= 0.6 is 11.6 Å². The molecule has 1 amide bonds. The second kappa shape index (κ2) is 6.48. The van der Waals surface area contributed by atoms with Crippen molar-refractivity contribution in [3.8, 4) is 0 Å². The third kappa shape index (κ3) is 2.97. The highest BCUT2D eigenvalue weighted by Gasteiger charge is 2.41. The molecule has 0 N–H and O–H groups in total. The highest BCUT2D eigenvalue weighted by molar-refractivity contribution is 6.33. The van der Waals surface area contributed by atoms with Gasteiger partial charge in [0, 0.05) is 19.6 Å². The van der Waals surface area contributed by atoms with Crippen LogP contribution in [0.3, 0.4) is 0 Å². The Morgan fingerprint density at radius 2 is 1.92 bits per heavy atom. The quantitative estimate of drug-likeness (QED) is 0.820. The van der Waals surface area contributed by atoms with Gasteiger partial charge in [-0.25, -0.2) is 9.97 Å². The Morgan fingerprint density at radius 1 is 1.17 bits per heavy atom. The lowest BCUT2D eigenvalue weighted by Crippen LogP contribution is -2.52. The largest absolute Gasteiger partial charge is 0.371 e. The van der Waals surface area contributed by atoms with E-state index in [0.717, 1.165) is 38.8 Å². The van der Waals surface area contributed by atoms with E-state index in [2.05, 4.69) is 14.9 Å². The third-order valence-electron chi connectivity index (χ3n) is 5.37. The summed E-state index contributed by atoms with van der Waals surface area (Å²) < 4.78 is 6.01. The maximum Gasteiger partial charge on any atom is 0.274 e. The molecule has 3 heterocycles. The van der Waals surface area contributed by atoms with Gasteiger partial charge in [-0.15, -0.1) is 0 Å². The van der Waals surface area contributed by atoms with Gasteiger partial charge >= 0.3 is 0 Å². The predicted octanol–water partition coefficient (Wildman–Crippen LogP) is 2.52. The fraction of sp³-hybridized carbons (Fsp3) is 0.706. The molecule has 0 unspecified atom stereocenters. The van der Waals surface area contributed by atoms with Crippen molar-refractivity contribution in [2.45, 2.75) is 44.1 Å². The van der Waals surface area contributed by atoms with Gasteiger partial charge in [-0.05, 0) is 25.7 Å². The number of nitrogens with zero attached hydrogens (tertiary/aromatic N) is 4. The van der Waals surface area contributed by atoms with Crippen molar-refractivity contribution in [1.29, 1.82) is 0 Å². The Hall–Kier alpha value is -1.40. The molecule has 3 fully saturated rings. The van der Waals surface area contributed by atoms with Crippen LogP contribution in [0.1, 0.15) is 49.0 Å². The molecule has 0 atom stereocenters. The van der Waals surface area contributed by atoms with Gasteiger partial charge in [0.15, 0.2) is 5.69 Å². The maximum absolute atomic E-state index is 13.0. The maximum atomic E-state index is 13.0. The van der Waals surface area contributed by atoms with Gasteiger partial charge in [0.05, 0.1) is 30.0 Å². The van der Waals surface area contributed by atoms with E-state index in [1.165, 1.54) is 12.8 Å². The number of anilines is 1. The van der Waals surface area contributed by atoms with Crippen LogP contribution in [0.4, 0.5) is 5.95 Å². The SMILES string of the molecule is O=C(c1nc(N2CCCC2)ncc1Cl)N1CCOC2(CCCC2)C1. The summed E-state index contributed by atoms with van der Waals surface area (Å²) in [5.74, 6) is 0.515. The van der Waals surface area contributed by atoms with E-state index in [1.54, 1.807) is 6.20 Å². The number of morpholine rings is 1. The van der Waals surface area contributed by atoms with Crippen LogP contribution in [-0.4, -0.2) is 59.2 Å². The molecular weight excluding hydrogens is 328 g/mol. The summed E-state index contributed by atoms with van der Waals surface area (Å²) in [5.41, 5.74) is 0.175. The second-order valence-corrected chi connectivity index (χ2v) is 7.43. The zero-order valence-corrected chi connectivity index (χ0v) is 14.6. The Labute approximate surface area is 147 Å².